The smallest absolute Gasteiger partial charge is 0.324 e. The fourth-order valence-corrected chi connectivity index (χ4v) is 5.14. The van der Waals surface area contributed by atoms with Crippen LogP contribution in [-0.2, 0) is 28.5 Å². The van der Waals surface area contributed by atoms with Crippen molar-refractivity contribution in [3.63, 3.8) is 0 Å². The van der Waals surface area contributed by atoms with Crippen molar-refractivity contribution in [3.05, 3.63) is 56.5 Å². The minimum Gasteiger partial charge on any atom is -0.324 e. The van der Waals surface area contributed by atoms with E-state index in [0.29, 0.717) is 25.3 Å². The molecule has 0 aliphatic carbocycles. The Morgan fingerprint density at radius 1 is 1.27 bits per heavy atom. The lowest BCUT2D eigenvalue weighted by Gasteiger charge is -2.14. The standard InChI is InChI=1S/C17H17F3N3O5PS/c1-9(2)28-29(26,27)8-12-11-6-10(4-5-13(11)30-21-12)23-15(24)7-14(17(18,19)20)22(3)16(23)25/h4-7,9H,8H2,1-3H3,(H,26,27). The van der Waals surface area contributed by atoms with Crippen molar-refractivity contribution < 1.29 is 27.2 Å². The summed E-state index contributed by atoms with van der Waals surface area (Å²) in [5.74, 6) is 0. The molecule has 0 aliphatic rings. The highest BCUT2D eigenvalue weighted by Gasteiger charge is 2.35. The molecule has 0 fully saturated rings. The molecule has 0 saturated carbocycles. The number of aromatic nitrogens is 3. The maximum absolute atomic E-state index is 13.0. The molecule has 0 aliphatic heterocycles. The summed E-state index contributed by atoms with van der Waals surface area (Å²) in [5, 5.41) is 0.396. The first-order chi connectivity index (χ1) is 13.8. The molecule has 162 valence electrons. The molecule has 0 spiro atoms. The van der Waals surface area contributed by atoms with Gasteiger partial charge in [-0.25, -0.2) is 9.36 Å². The Hall–Kier alpha value is -2.27. The molecule has 0 radical (unpaired) electrons. The molecule has 2 heterocycles. The monoisotopic (exact) mass is 463 g/mol. The molecular formula is C17H17F3N3O5PS. The summed E-state index contributed by atoms with van der Waals surface area (Å²) in [5.41, 5.74) is -3.44. The van der Waals surface area contributed by atoms with Crippen LogP contribution in [0.1, 0.15) is 25.2 Å². The zero-order valence-electron chi connectivity index (χ0n) is 16.0. The van der Waals surface area contributed by atoms with Gasteiger partial charge >= 0.3 is 19.5 Å². The van der Waals surface area contributed by atoms with Gasteiger partial charge in [0.15, 0.2) is 0 Å². The Labute approximate surface area is 171 Å². The van der Waals surface area contributed by atoms with Crippen LogP contribution in [0.3, 0.4) is 0 Å². The summed E-state index contributed by atoms with van der Waals surface area (Å²) in [6.07, 6.45) is -5.75. The predicted octanol–water partition coefficient (Wildman–Crippen LogP) is 3.28. The molecular weight excluding hydrogens is 446 g/mol. The lowest BCUT2D eigenvalue weighted by Crippen LogP contribution is -2.40. The third kappa shape index (κ3) is 4.41. The largest absolute Gasteiger partial charge is 0.431 e. The van der Waals surface area contributed by atoms with Gasteiger partial charge in [0.25, 0.3) is 5.56 Å². The first-order valence-electron chi connectivity index (χ1n) is 8.59. The van der Waals surface area contributed by atoms with E-state index in [1.165, 1.54) is 18.2 Å². The average Bonchev–Trinajstić information content (AvgIpc) is 2.97. The summed E-state index contributed by atoms with van der Waals surface area (Å²) >= 11 is 1.04. The minimum atomic E-state index is -4.86. The normalized spacial score (nSPS) is 14.4. The van der Waals surface area contributed by atoms with Crippen molar-refractivity contribution >= 4 is 29.2 Å². The number of rotatable bonds is 5. The number of hydrogen-bond acceptors (Lipinski definition) is 6. The van der Waals surface area contributed by atoms with Crippen molar-refractivity contribution in [2.45, 2.75) is 32.3 Å². The van der Waals surface area contributed by atoms with Crippen LogP contribution in [0.4, 0.5) is 13.2 Å². The Bertz CT molecular complexity index is 1280. The SMILES string of the molecule is CC(C)OP(=O)(O)Cc1nsc2ccc(-n3c(=O)cc(C(F)(F)F)n(C)c3=O)cc12. The van der Waals surface area contributed by atoms with E-state index in [1.807, 2.05) is 0 Å². The molecule has 2 aromatic heterocycles. The summed E-state index contributed by atoms with van der Waals surface area (Å²) in [4.78, 5) is 34.8. The Kier molecular flexibility index (Phi) is 5.80. The number of hydrogen-bond donors (Lipinski definition) is 1. The van der Waals surface area contributed by atoms with Gasteiger partial charge in [-0.1, -0.05) is 0 Å². The molecule has 0 bridgehead atoms. The summed E-state index contributed by atoms with van der Waals surface area (Å²) in [6.45, 7) is 3.21. The molecule has 1 aromatic carbocycles. The molecule has 3 rings (SSSR count). The molecule has 1 unspecified atom stereocenters. The van der Waals surface area contributed by atoms with Crippen LogP contribution in [0.15, 0.2) is 33.9 Å². The van der Waals surface area contributed by atoms with Crippen LogP contribution in [0.2, 0.25) is 0 Å². The number of nitrogens with zero attached hydrogens (tertiary/aromatic N) is 3. The van der Waals surface area contributed by atoms with Crippen molar-refractivity contribution in [3.8, 4) is 5.69 Å². The highest BCUT2D eigenvalue weighted by molar-refractivity contribution is 7.52. The zero-order chi connectivity index (χ0) is 22.4. The van der Waals surface area contributed by atoms with E-state index in [0.717, 1.165) is 18.6 Å². The fraction of sp³-hybridized carbons (Fsp3) is 0.353. The van der Waals surface area contributed by atoms with Crippen LogP contribution in [0.5, 0.6) is 0 Å². The van der Waals surface area contributed by atoms with E-state index in [-0.39, 0.29) is 11.4 Å². The molecule has 13 heteroatoms. The topological polar surface area (TPSA) is 103 Å². The van der Waals surface area contributed by atoms with Crippen LogP contribution in [0.25, 0.3) is 15.8 Å². The summed E-state index contributed by atoms with van der Waals surface area (Å²) in [6, 6.07) is 4.64. The van der Waals surface area contributed by atoms with E-state index >= 15 is 0 Å². The first-order valence-corrected chi connectivity index (χ1v) is 11.1. The van der Waals surface area contributed by atoms with Gasteiger partial charge < -0.3 is 9.42 Å². The second-order valence-electron chi connectivity index (χ2n) is 6.80. The maximum atomic E-state index is 13.0. The molecule has 8 nitrogen and oxygen atoms in total. The maximum Gasteiger partial charge on any atom is 0.431 e. The quantitative estimate of drug-likeness (QED) is 0.583. The molecule has 30 heavy (non-hydrogen) atoms. The lowest BCUT2D eigenvalue weighted by molar-refractivity contribution is -0.144. The molecule has 0 saturated heterocycles. The third-order valence-electron chi connectivity index (χ3n) is 4.12. The van der Waals surface area contributed by atoms with Gasteiger partial charge in [0.2, 0.25) is 0 Å². The van der Waals surface area contributed by atoms with E-state index in [1.54, 1.807) is 13.8 Å². The van der Waals surface area contributed by atoms with Crippen molar-refractivity contribution in [2.24, 2.45) is 7.05 Å². The van der Waals surface area contributed by atoms with E-state index in [2.05, 4.69) is 4.37 Å². The van der Waals surface area contributed by atoms with Gasteiger partial charge in [0.05, 0.1) is 28.3 Å². The summed E-state index contributed by atoms with van der Waals surface area (Å²) in [7, 11) is -3.08. The van der Waals surface area contributed by atoms with Gasteiger partial charge in [-0.2, -0.15) is 17.5 Å². The van der Waals surface area contributed by atoms with Gasteiger partial charge in [-0.3, -0.25) is 13.9 Å². The number of benzene rings is 1. The van der Waals surface area contributed by atoms with Gasteiger partial charge in [-0.05, 0) is 43.6 Å². The van der Waals surface area contributed by atoms with E-state index in [4.69, 9.17) is 4.52 Å². The molecule has 0 amide bonds. The van der Waals surface area contributed by atoms with E-state index in [9.17, 15) is 32.2 Å². The second-order valence-corrected chi connectivity index (χ2v) is 9.41. The van der Waals surface area contributed by atoms with Crippen LogP contribution in [0, 0.1) is 0 Å². The molecule has 3 aromatic rings. The summed E-state index contributed by atoms with van der Waals surface area (Å²) < 4.78 is 62.1. The Balaban J connectivity index is 2.13. The highest BCUT2D eigenvalue weighted by atomic mass is 32.1. The van der Waals surface area contributed by atoms with Crippen molar-refractivity contribution in [1.82, 2.24) is 13.5 Å². The zero-order valence-corrected chi connectivity index (χ0v) is 17.7. The lowest BCUT2D eigenvalue weighted by atomic mass is 10.2. The Morgan fingerprint density at radius 3 is 2.53 bits per heavy atom. The minimum absolute atomic E-state index is 0.0147. The second kappa shape index (κ2) is 7.77. The number of alkyl halides is 3. The highest BCUT2D eigenvalue weighted by Crippen LogP contribution is 2.48. The van der Waals surface area contributed by atoms with Gasteiger partial charge in [0.1, 0.15) is 5.69 Å². The predicted molar refractivity (Wildman–Crippen MR) is 105 cm³/mol. The van der Waals surface area contributed by atoms with Crippen LogP contribution in [-0.4, -0.2) is 24.5 Å². The first kappa shape index (κ1) is 22.4. The van der Waals surface area contributed by atoms with Gasteiger partial charge in [0, 0.05) is 18.5 Å². The third-order valence-corrected chi connectivity index (χ3v) is 6.44. The molecule has 1 atom stereocenters. The fourth-order valence-electron chi connectivity index (χ4n) is 2.92. The van der Waals surface area contributed by atoms with Crippen LogP contribution < -0.4 is 11.2 Å². The average molecular weight is 463 g/mol. The number of fused-ring (bicyclic) bond motifs is 1. The van der Waals surface area contributed by atoms with Gasteiger partial charge in [-0.15, -0.1) is 0 Å². The van der Waals surface area contributed by atoms with E-state index < -0.39 is 43.0 Å². The van der Waals surface area contributed by atoms with Crippen molar-refractivity contribution in [2.75, 3.05) is 0 Å². The Morgan fingerprint density at radius 2 is 1.93 bits per heavy atom. The van der Waals surface area contributed by atoms with Crippen LogP contribution >= 0.6 is 19.1 Å². The van der Waals surface area contributed by atoms with Crippen molar-refractivity contribution in [1.29, 1.82) is 0 Å². The number of halogens is 3. The molecule has 1 N–H and O–H groups in total.